The van der Waals surface area contributed by atoms with Crippen LogP contribution in [0.5, 0.6) is 0 Å². The van der Waals surface area contributed by atoms with Crippen LogP contribution >= 0.6 is 11.8 Å². The van der Waals surface area contributed by atoms with Gasteiger partial charge in [0.15, 0.2) is 5.96 Å². The average molecular weight is 299 g/mol. The van der Waals surface area contributed by atoms with Crippen LogP contribution in [-0.4, -0.2) is 17.8 Å². The topological polar surface area (TPSA) is 50.4 Å². The molecule has 1 unspecified atom stereocenters. The fraction of sp³-hybridized carbons (Fsp3) is 0.235. The van der Waals surface area contributed by atoms with Gasteiger partial charge in [-0.05, 0) is 36.8 Å². The zero-order chi connectivity index (χ0) is 15.1. The van der Waals surface area contributed by atoms with Gasteiger partial charge in [0.1, 0.15) is 0 Å². The fourth-order valence-corrected chi connectivity index (χ4v) is 2.83. The summed E-state index contributed by atoms with van der Waals surface area (Å²) in [7, 11) is 0. The summed E-state index contributed by atoms with van der Waals surface area (Å²) in [6.45, 7) is 4.89. The first-order valence-corrected chi connectivity index (χ1v) is 7.87. The van der Waals surface area contributed by atoms with Gasteiger partial charge in [-0.25, -0.2) is 0 Å². The van der Waals surface area contributed by atoms with Crippen LogP contribution in [0.4, 0.5) is 5.69 Å². The van der Waals surface area contributed by atoms with E-state index in [1.807, 2.05) is 36.4 Å². The molecular formula is C17H21N3S. The minimum absolute atomic E-state index is 0.380. The van der Waals surface area contributed by atoms with Gasteiger partial charge in [0.05, 0.1) is 6.54 Å². The third-order valence-electron chi connectivity index (χ3n) is 2.89. The summed E-state index contributed by atoms with van der Waals surface area (Å²) >= 11 is 1.80. The summed E-state index contributed by atoms with van der Waals surface area (Å²) in [5.74, 6) is 0.459. The molecular weight excluding hydrogens is 278 g/mol. The van der Waals surface area contributed by atoms with Gasteiger partial charge in [-0.3, -0.25) is 4.99 Å². The van der Waals surface area contributed by atoms with Crippen molar-refractivity contribution < 1.29 is 0 Å². The lowest BCUT2D eigenvalue weighted by atomic mass is 10.2. The average Bonchev–Trinajstić information content (AvgIpc) is 2.46. The summed E-state index contributed by atoms with van der Waals surface area (Å²) < 4.78 is 0. The second kappa shape index (κ2) is 7.74. The Morgan fingerprint density at radius 2 is 1.95 bits per heavy atom. The van der Waals surface area contributed by atoms with Crippen molar-refractivity contribution in [2.45, 2.75) is 24.0 Å². The molecule has 0 aromatic heterocycles. The summed E-state index contributed by atoms with van der Waals surface area (Å²) in [5.41, 5.74) is 8.09. The van der Waals surface area contributed by atoms with Crippen molar-refractivity contribution in [3.05, 3.63) is 60.2 Å². The second-order valence-corrected chi connectivity index (χ2v) is 6.47. The molecule has 4 heteroatoms. The molecule has 0 saturated carbocycles. The molecule has 0 spiro atoms. The molecule has 0 aliphatic heterocycles. The number of nitrogens with two attached hydrogens (primary N) is 1. The molecule has 0 saturated heterocycles. The van der Waals surface area contributed by atoms with Gasteiger partial charge in [-0.2, -0.15) is 0 Å². The van der Waals surface area contributed by atoms with E-state index in [2.05, 4.69) is 42.4 Å². The van der Waals surface area contributed by atoms with E-state index in [9.17, 15) is 0 Å². The molecule has 2 rings (SSSR count). The fourth-order valence-electron chi connectivity index (χ4n) is 1.91. The third kappa shape index (κ3) is 5.52. The first-order valence-electron chi connectivity index (χ1n) is 6.99. The molecule has 0 fully saturated rings. The first-order chi connectivity index (χ1) is 10.1. The van der Waals surface area contributed by atoms with E-state index in [-0.39, 0.29) is 0 Å². The van der Waals surface area contributed by atoms with Gasteiger partial charge in [-0.1, -0.05) is 37.3 Å². The quantitative estimate of drug-likeness (QED) is 0.500. The van der Waals surface area contributed by atoms with Crippen molar-refractivity contribution in [2.24, 2.45) is 10.7 Å². The molecule has 0 aliphatic carbocycles. The molecule has 0 radical (unpaired) electrons. The number of aliphatic imine (C=N–C) groups is 1. The predicted octanol–water partition coefficient (Wildman–Crippen LogP) is 3.90. The maximum Gasteiger partial charge on any atom is 0.193 e. The van der Waals surface area contributed by atoms with E-state index in [0.717, 1.165) is 5.69 Å². The zero-order valence-electron chi connectivity index (χ0n) is 12.4. The highest BCUT2D eigenvalue weighted by molar-refractivity contribution is 8.00. The largest absolute Gasteiger partial charge is 0.370 e. The lowest BCUT2D eigenvalue weighted by Crippen LogP contribution is -2.23. The number of nitrogens with one attached hydrogen (secondary N) is 1. The highest BCUT2D eigenvalue weighted by atomic mass is 32.2. The van der Waals surface area contributed by atoms with Gasteiger partial charge in [-0.15, -0.1) is 11.8 Å². The molecule has 110 valence electrons. The Bertz CT molecular complexity index is 596. The number of hydrogen-bond donors (Lipinski definition) is 2. The van der Waals surface area contributed by atoms with Crippen LogP contribution in [0.3, 0.4) is 0 Å². The summed E-state index contributed by atoms with van der Waals surface area (Å²) in [6.07, 6.45) is 0. The summed E-state index contributed by atoms with van der Waals surface area (Å²) in [6, 6.07) is 18.4. The molecule has 0 heterocycles. The highest BCUT2D eigenvalue weighted by Crippen LogP contribution is 2.22. The minimum atomic E-state index is 0.380. The van der Waals surface area contributed by atoms with Crippen LogP contribution < -0.4 is 11.1 Å². The Balaban J connectivity index is 1.85. The molecule has 2 aromatic carbocycles. The van der Waals surface area contributed by atoms with Crippen LogP contribution in [0, 0.1) is 6.92 Å². The SMILES string of the molecule is Cc1cccc(NC(N)=NCC(C)Sc2ccccc2)c1. The van der Waals surface area contributed by atoms with Gasteiger partial charge in [0, 0.05) is 15.8 Å². The number of benzene rings is 2. The van der Waals surface area contributed by atoms with E-state index < -0.39 is 0 Å². The Morgan fingerprint density at radius 1 is 1.19 bits per heavy atom. The van der Waals surface area contributed by atoms with Crippen LogP contribution in [0.1, 0.15) is 12.5 Å². The summed E-state index contributed by atoms with van der Waals surface area (Å²) in [4.78, 5) is 5.66. The van der Waals surface area contributed by atoms with E-state index in [1.54, 1.807) is 11.8 Å². The van der Waals surface area contributed by atoms with Gasteiger partial charge >= 0.3 is 0 Å². The lowest BCUT2D eigenvalue weighted by molar-refractivity contribution is 0.948. The standard InChI is InChI=1S/C17H21N3S/c1-13-7-6-8-15(11-13)20-17(18)19-12-14(2)21-16-9-4-3-5-10-16/h3-11,14H,12H2,1-2H3,(H3,18,19,20). The van der Waals surface area contributed by atoms with Gasteiger partial charge in [0.2, 0.25) is 0 Å². The number of anilines is 1. The number of thioether (sulfide) groups is 1. The Morgan fingerprint density at radius 3 is 2.67 bits per heavy atom. The number of hydrogen-bond acceptors (Lipinski definition) is 2. The normalized spacial score (nSPS) is 13.0. The van der Waals surface area contributed by atoms with Crippen molar-refractivity contribution in [1.29, 1.82) is 0 Å². The van der Waals surface area contributed by atoms with Crippen LogP contribution in [-0.2, 0) is 0 Å². The van der Waals surface area contributed by atoms with Crippen LogP contribution in [0.2, 0.25) is 0 Å². The van der Waals surface area contributed by atoms with E-state index in [1.165, 1.54) is 10.5 Å². The maximum atomic E-state index is 5.93. The van der Waals surface area contributed by atoms with Gasteiger partial charge in [0.25, 0.3) is 0 Å². The van der Waals surface area contributed by atoms with Crippen LogP contribution in [0.25, 0.3) is 0 Å². The van der Waals surface area contributed by atoms with Gasteiger partial charge < -0.3 is 11.1 Å². The molecule has 0 bridgehead atoms. The molecule has 2 aromatic rings. The molecule has 0 amide bonds. The maximum absolute atomic E-state index is 5.93. The van der Waals surface area contributed by atoms with Crippen LogP contribution in [0.15, 0.2) is 64.5 Å². The first kappa shape index (κ1) is 15.4. The molecule has 3 nitrogen and oxygen atoms in total. The molecule has 21 heavy (non-hydrogen) atoms. The Hall–Kier alpha value is -1.94. The predicted molar refractivity (Wildman–Crippen MR) is 93.1 cm³/mol. The smallest absolute Gasteiger partial charge is 0.193 e. The van der Waals surface area contributed by atoms with Crippen molar-refractivity contribution >= 4 is 23.4 Å². The number of nitrogens with zero attached hydrogens (tertiary/aromatic N) is 1. The third-order valence-corrected chi connectivity index (χ3v) is 3.99. The zero-order valence-corrected chi connectivity index (χ0v) is 13.2. The molecule has 0 aliphatic rings. The summed E-state index contributed by atoms with van der Waals surface area (Å²) in [5, 5.41) is 3.50. The number of aryl methyl sites for hydroxylation is 1. The molecule has 1 atom stereocenters. The lowest BCUT2D eigenvalue weighted by Gasteiger charge is -2.10. The van der Waals surface area contributed by atoms with E-state index in [0.29, 0.717) is 17.8 Å². The Labute approximate surface area is 130 Å². The van der Waals surface area contributed by atoms with Crippen molar-refractivity contribution in [1.82, 2.24) is 0 Å². The highest BCUT2D eigenvalue weighted by Gasteiger charge is 2.04. The van der Waals surface area contributed by atoms with Crippen molar-refractivity contribution in [3.8, 4) is 0 Å². The minimum Gasteiger partial charge on any atom is -0.370 e. The van der Waals surface area contributed by atoms with Crippen molar-refractivity contribution in [3.63, 3.8) is 0 Å². The number of rotatable bonds is 5. The monoisotopic (exact) mass is 299 g/mol. The second-order valence-electron chi connectivity index (χ2n) is 4.96. The molecule has 3 N–H and O–H groups in total. The van der Waals surface area contributed by atoms with E-state index in [4.69, 9.17) is 5.73 Å². The van der Waals surface area contributed by atoms with Crippen molar-refractivity contribution in [2.75, 3.05) is 11.9 Å². The van der Waals surface area contributed by atoms with E-state index >= 15 is 0 Å². The Kier molecular flexibility index (Phi) is 5.69. The number of guanidine groups is 1.